The van der Waals surface area contributed by atoms with Gasteiger partial charge in [-0.2, -0.15) is 0 Å². The van der Waals surface area contributed by atoms with Gasteiger partial charge in [-0.15, -0.1) is 22.7 Å². The Kier molecular flexibility index (Phi) is 3.51. The maximum absolute atomic E-state index is 11.8. The van der Waals surface area contributed by atoms with E-state index in [-0.39, 0.29) is 11.8 Å². The molecule has 24 heavy (non-hydrogen) atoms. The second kappa shape index (κ2) is 5.58. The lowest BCUT2D eigenvalue weighted by atomic mass is 10.1. The van der Waals surface area contributed by atoms with Crippen LogP contribution < -0.4 is 10.6 Å². The van der Waals surface area contributed by atoms with Crippen LogP contribution in [0, 0.1) is 0 Å². The largest absolute Gasteiger partial charge is 0.355 e. The molecule has 2 N–H and O–H groups in total. The first-order chi connectivity index (χ1) is 11.6. The minimum Gasteiger partial charge on any atom is -0.355 e. The van der Waals surface area contributed by atoms with Crippen LogP contribution in [-0.2, 0) is 0 Å². The molecular formula is C18H14N2O2S2. The van der Waals surface area contributed by atoms with E-state index in [0.717, 1.165) is 20.2 Å². The first kappa shape index (κ1) is 15.1. The van der Waals surface area contributed by atoms with Crippen LogP contribution in [0.3, 0.4) is 0 Å². The fraction of sp³-hybridized carbons (Fsp3) is 0.111. The Morgan fingerprint density at radius 3 is 1.54 bits per heavy atom. The molecule has 0 spiro atoms. The zero-order chi connectivity index (χ0) is 16.8. The van der Waals surface area contributed by atoms with Gasteiger partial charge in [0.05, 0.1) is 9.40 Å². The number of hydrogen-bond acceptors (Lipinski definition) is 4. The van der Waals surface area contributed by atoms with Gasteiger partial charge in [-0.25, -0.2) is 0 Å². The zero-order valence-corrected chi connectivity index (χ0v) is 14.7. The molecule has 0 unspecified atom stereocenters. The Morgan fingerprint density at radius 1 is 0.750 bits per heavy atom. The van der Waals surface area contributed by atoms with Crippen molar-refractivity contribution in [1.29, 1.82) is 0 Å². The van der Waals surface area contributed by atoms with Crippen molar-refractivity contribution in [3.63, 3.8) is 0 Å². The van der Waals surface area contributed by atoms with E-state index >= 15 is 0 Å². The van der Waals surface area contributed by atoms with Crippen molar-refractivity contribution >= 4 is 64.1 Å². The third-order valence-corrected chi connectivity index (χ3v) is 6.56. The van der Waals surface area contributed by atoms with E-state index in [4.69, 9.17) is 0 Å². The number of nitrogens with one attached hydrogen (secondary N) is 2. The van der Waals surface area contributed by atoms with Crippen LogP contribution in [0.4, 0.5) is 0 Å². The second-order valence-electron chi connectivity index (χ2n) is 5.44. The minimum absolute atomic E-state index is 0.0752. The van der Waals surface area contributed by atoms with Crippen molar-refractivity contribution in [3.05, 3.63) is 47.5 Å². The summed E-state index contributed by atoms with van der Waals surface area (Å²) in [5.41, 5.74) is 1.34. The Bertz CT molecular complexity index is 1030. The molecule has 0 bridgehead atoms. The van der Waals surface area contributed by atoms with Crippen molar-refractivity contribution in [2.45, 2.75) is 0 Å². The lowest BCUT2D eigenvalue weighted by Crippen LogP contribution is -2.17. The van der Waals surface area contributed by atoms with E-state index in [1.165, 1.54) is 9.40 Å². The SMILES string of the molecule is CNC(=O)c1ccc2c(c1)sc1c3ccc(C(=O)NC)cc3sc21. The number of fused-ring (bicyclic) bond motifs is 5. The first-order valence-electron chi connectivity index (χ1n) is 7.45. The molecule has 0 aliphatic carbocycles. The number of amides is 2. The van der Waals surface area contributed by atoms with Crippen LogP contribution in [0.25, 0.3) is 29.6 Å². The van der Waals surface area contributed by atoms with Gasteiger partial charge in [0.2, 0.25) is 0 Å². The molecule has 6 heteroatoms. The van der Waals surface area contributed by atoms with Crippen LogP contribution in [0.2, 0.25) is 0 Å². The van der Waals surface area contributed by atoms with Crippen molar-refractivity contribution < 1.29 is 9.59 Å². The zero-order valence-electron chi connectivity index (χ0n) is 13.1. The summed E-state index contributed by atoms with van der Waals surface area (Å²) in [6, 6.07) is 11.6. The van der Waals surface area contributed by atoms with Crippen molar-refractivity contribution in [2.24, 2.45) is 0 Å². The Hall–Kier alpha value is -2.44. The molecule has 0 radical (unpaired) electrons. The highest BCUT2D eigenvalue weighted by Crippen LogP contribution is 2.44. The molecule has 2 amide bonds. The van der Waals surface area contributed by atoms with Crippen LogP contribution in [0.5, 0.6) is 0 Å². The quantitative estimate of drug-likeness (QED) is 0.572. The molecule has 0 saturated heterocycles. The summed E-state index contributed by atoms with van der Waals surface area (Å²) >= 11 is 3.38. The smallest absolute Gasteiger partial charge is 0.251 e. The van der Waals surface area contributed by atoms with E-state index in [2.05, 4.69) is 10.6 Å². The van der Waals surface area contributed by atoms with Gasteiger partial charge in [-0.1, -0.05) is 12.1 Å². The summed E-state index contributed by atoms with van der Waals surface area (Å²) in [4.78, 5) is 23.6. The number of rotatable bonds is 2. The van der Waals surface area contributed by atoms with Gasteiger partial charge in [-0.05, 0) is 24.3 Å². The van der Waals surface area contributed by atoms with Crippen LogP contribution >= 0.6 is 22.7 Å². The molecule has 0 aliphatic rings. The molecule has 0 atom stereocenters. The van der Waals surface area contributed by atoms with E-state index in [1.54, 1.807) is 36.8 Å². The van der Waals surface area contributed by atoms with Crippen LogP contribution in [0.15, 0.2) is 36.4 Å². The molecule has 0 fully saturated rings. The normalized spacial score (nSPS) is 11.2. The van der Waals surface area contributed by atoms with Crippen molar-refractivity contribution in [3.8, 4) is 0 Å². The van der Waals surface area contributed by atoms with Gasteiger partial charge in [-0.3, -0.25) is 9.59 Å². The molecule has 2 heterocycles. The third kappa shape index (κ3) is 2.18. The Morgan fingerprint density at radius 2 is 1.17 bits per heavy atom. The fourth-order valence-corrected chi connectivity index (χ4v) is 5.56. The maximum Gasteiger partial charge on any atom is 0.251 e. The molecule has 2 aromatic heterocycles. The predicted octanol–water partition coefficient (Wildman–Crippen LogP) is 3.99. The van der Waals surface area contributed by atoms with Crippen LogP contribution in [-0.4, -0.2) is 25.9 Å². The van der Waals surface area contributed by atoms with Gasteiger partial charge in [0.25, 0.3) is 11.8 Å². The molecular weight excluding hydrogens is 340 g/mol. The van der Waals surface area contributed by atoms with Crippen molar-refractivity contribution in [1.82, 2.24) is 10.6 Å². The Labute approximate surface area is 146 Å². The number of thiophene rings is 2. The molecule has 4 rings (SSSR count). The highest BCUT2D eigenvalue weighted by Gasteiger charge is 2.15. The summed E-state index contributed by atoms with van der Waals surface area (Å²) in [5.74, 6) is -0.150. The molecule has 0 saturated carbocycles. The van der Waals surface area contributed by atoms with E-state index in [1.807, 2.05) is 36.4 Å². The van der Waals surface area contributed by atoms with Gasteiger partial charge in [0, 0.05) is 45.4 Å². The molecule has 120 valence electrons. The number of hydrogen-bond donors (Lipinski definition) is 2. The third-order valence-electron chi connectivity index (χ3n) is 4.06. The van der Waals surface area contributed by atoms with Gasteiger partial charge >= 0.3 is 0 Å². The summed E-state index contributed by atoms with van der Waals surface area (Å²) < 4.78 is 4.63. The second-order valence-corrected chi connectivity index (χ2v) is 7.55. The number of benzene rings is 2. The monoisotopic (exact) mass is 354 g/mol. The molecule has 4 aromatic rings. The van der Waals surface area contributed by atoms with E-state index in [9.17, 15) is 9.59 Å². The van der Waals surface area contributed by atoms with Gasteiger partial charge < -0.3 is 10.6 Å². The summed E-state index contributed by atoms with van der Waals surface area (Å²) in [5, 5.41) is 7.63. The fourth-order valence-electron chi connectivity index (χ4n) is 2.83. The highest BCUT2D eigenvalue weighted by molar-refractivity contribution is 7.36. The summed E-state index contributed by atoms with van der Waals surface area (Å²) in [6.07, 6.45) is 0. The number of carbonyl (C=O) groups excluding carboxylic acids is 2. The molecule has 4 nitrogen and oxygen atoms in total. The van der Waals surface area contributed by atoms with Gasteiger partial charge in [0.15, 0.2) is 0 Å². The lowest BCUT2D eigenvalue weighted by Gasteiger charge is -2.00. The minimum atomic E-state index is -0.0752. The van der Waals surface area contributed by atoms with Crippen molar-refractivity contribution in [2.75, 3.05) is 14.1 Å². The molecule has 2 aromatic carbocycles. The standard InChI is InChI=1S/C18H14N2O2S2/c1-19-17(21)9-3-5-11-13(7-9)23-16-12-6-4-10(18(22)20-2)8-14(12)24-15(11)16/h3-8H,1-2H3,(H,19,21)(H,20,22). The summed E-state index contributed by atoms with van der Waals surface area (Å²) in [6.45, 7) is 0. The average molecular weight is 354 g/mol. The lowest BCUT2D eigenvalue weighted by molar-refractivity contribution is 0.0955. The molecule has 0 aliphatic heterocycles. The number of carbonyl (C=O) groups is 2. The topological polar surface area (TPSA) is 58.2 Å². The first-order valence-corrected chi connectivity index (χ1v) is 9.08. The van der Waals surface area contributed by atoms with E-state index in [0.29, 0.717) is 11.1 Å². The highest BCUT2D eigenvalue weighted by atomic mass is 32.1. The average Bonchev–Trinajstić information content (AvgIpc) is 3.14. The van der Waals surface area contributed by atoms with E-state index < -0.39 is 0 Å². The Balaban J connectivity index is 1.94. The summed E-state index contributed by atoms with van der Waals surface area (Å²) in [7, 11) is 3.27. The van der Waals surface area contributed by atoms with Crippen LogP contribution in [0.1, 0.15) is 20.7 Å². The predicted molar refractivity (Wildman–Crippen MR) is 101 cm³/mol. The van der Waals surface area contributed by atoms with Gasteiger partial charge in [0.1, 0.15) is 0 Å². The maximum atomic E-state index is 11.8.